The van der Waals surface area contributed by atoms with E-state index in [1.54, 1.807) is 0 Å². The molecule has 0 spiro atoms. The summed E-state index contributed by atoms with van der Waals surface area (Å²) < 4.78 is 0. The van der Waals surface area contributed by atoms with Crippen molar-refractivity contribution in [3.8, 4) is 11.8 Å². The molecule has 1 heteroatoms. The smallest absolute Gasteiger partial charge is 0.0582 e. The van der Waals surface area contributed by atoms with Gasteiger partial charge in [0.1, 0.15) is 0 Å². The molecule has 0 aromatic rings. The molecule has 0 bridgehead atoms. The summed E-state index contributed by atoms with van der Waals surface area (Å²) in [5, 5.41) is 9.68. The van der Waals surface area contributed by atoms with Crippen molar-refractivity contribution in [2.75, 3.05) is 0 Å². The number of aliphatic hydroxyl groups is 1. The van der Waals surface area contributed by atoms with E-state index in [0.29, 0.717) is 11.3 Å². The van der Waals surface area contributed by atoms with Crippen LogP contribution in [-0.2, 0) is 0 Å². The molecule has 0 aromatic heterocycles. The van der Waals surface area contributed by atoms with Gasteiger partial charge in [0, 0.05) is 6.42 Å². The summed E-state index contributed by atoms with van der Waals surface area (Å²) in [7, 11) is 0. The Morgan fingerprint density at radius 3 is 2.58 bits per heavy atom. The molecule has 1 saturated carbocycles. The highest BCUT2D eigenvalue weighted by Gasteiger charge is 2.49. The zero-order valence-electron chi connectivity index (χ0n) is 8.22. The maximum atomic E-state index is 9.68. The van der Waals surface area contributed by atoms with Gasteiger partial charge in [-0.05, 0) is 31.1 Å². The third-order valence-corrected chi connectivity index (χ3v) is 2.80. The van der Waals surface area contributed by atoms with Crippen molar-refractivity contribution in [3.63, 3.8) is 0 Å². The molecule has 0 amide bonds. The molecule has 1 aliphatic carbocycles. The van der Waals surface area contributed by atoms with Crippen molar-refractivity contribution in [2.24, 2.45) is 11.3 Å². The number of hydrogen-bond acceptors (Lipinski definition) is 1. The van der Waals surface area contributed by atoms with Crippen LogP contribution in [0.5, 0.6) is 0 Å². The topological polar surface area (TPSA) is 20.2 Å². The fraction of sp³-hybridized carbons (Fsp3) is 0.818. The number of rotatable bonds is 3. The van der Waals surface area contributed by atoms with Crippen LogP contribution in [0.3, 0.4) is 0 Å². The van der Waals surface area contributed by atoms with Gasteiger partial charge in [0.05, 0.1) is 6.10 Å². The Labute approximate surface area is 75.2 Å². The fourth-order valence-electron chi connectivity index (χ4n) is 1.71. The Bertz CT molecular complexity index is 207. The zero-order valence-corrected chi connectivity index (χ0v) is 8.22. The predicted octanol–water partition coefficient (Wildman–Crippen LogP) is 2.20. The highest BCUT2D eigenvalue weighted by molar-refractivity contribution is 5.01. The minimum Gasteiger partial charge on any atom is -0.393 e. The molecule has 0 heterocycles. The third kappa shape index (κ3) is 2.25. The first-order valence-corrected chi connectivity index (χ1v) is 4.65. The van der Waals surface area contributed by atoms with Crippen LogP contribution in [-0.4, -0.2) is 11.2 Å². The fourth-order valence-corrected chi connectivity index (χ4v) is 1.71. The summed E-state index contributed by atoms with van der Waals surface area (Å²) in [4.78, 5) is 0. The normalized spacial score (nSPS) is 27.2. The van der Waals surface area contributed by atoms with E-state index in [0.717, 1.165) is 12.8 Å². The lowest BCUT2D eigenvalue weighted by Crippen LogP contribution is -2.12. The van der Waals surface area contributed by atoms with Gasteiger partial charge in [0.15, 0.2) is 0 Å². The van der Waals surface area contributed by atoms with Crippen LogP contribution in [0.1, 0.15) is 40.0 Å². The van der Waals surface area contributed by atoms with E-state index in [2.05, 4.69) is 25.7 Å². The molecular weight excluding hydrogens is 148 g/mol. The average Bonchev–Trinajstić information content (AvgIpc) is 2.60. The van der Waals surface area contributed by atoms with Gasteiger partial charge in [0.2, 0.25) is 0 Å². The molecule has 2 unspecified atom stereocenters. The maximum Gasteiger partial charge on any atom is 0.0582 e. The van der Waals surface area contributed by atoms with Gasteiger partial charge in [-0.3, -0.25) is 0 Å². The van der Waals surface area contributed by atoms with Crippen molar-refractivity contribution in [1.29, 1.82) is 0 Å². The Hall–Kier alpha value is -0.480. The summed E-state index contributed by atoms with van der Waals surface area (Å²) in [5.74, 6) is 6.35. The molecule has 1 aliphatic rings. The van der Waals surface area contributed by atoms with Crippen molar-refractivity contribution in [2.45, 2.75) is 46.1 Å². The maximum absolute atomic E-state index is 9.68. The van der Waals surface area contributed by atoms with Crippen LogP contribution in [0.15, 0.2) is 0 Å². The molecule has 1 N–H and O–H groups in total. The van der Waals surface area contributed by atoms with E-state index in [1.165, 1.54) is 6.42 Å². The molecule has 1 nitrogen and oxygen atoms in total. The highest BCUT2D eigenvalue weighted by atomic mass is 16.3. The molecule has 1 rings (SSSR count). The van der Waals surface area contributed by atoms with Crippen LogP contribution in [0.4, 0.5) is 0 Å². The van der Waals surface area contributed by atoms with Crippen LogP contribution in [0, 0.1) is 23.2 Å². The Morgan fingerprint density at radius 2 is 2.17 bits per heavy atom. The first kappa shape index (κ1) is 9.61. The third-order valence-electron chi connectivity index (χ3n) is 2.80. The molecule has 68 valence electrons. The van der Waals surface area contributed by atoms with Gasteiger partial charge in [-0.2, -0.15) is 0 Å². The molecular formula is C11H18O. The van der Waals surface area contributed by atoms with Gasteiger partial charge in [-0.15, -0.1) is 11.8 Å². The van der Waals surface area contributed by atoms with Crippen molar-refractivity contribution in [3.05, 3.63) is 0 Å². The van der Waals surface area contributed by atoms with Crippen LogP contribution < -0.4 is 0 Å². The predicted molar refractivity (Wildman–Crippen MR) is 50.6 cm³/mol. The molecule has 2 atom stereocenters. The Morgan fingerprint density at radius 1 is 1.58 bits per heavy atom. The minimum atomic E-state index is -0.124. The van der Waals surface area contributed by atoms with Gasteiger partial charge >= 0.3 is 0 Å². The van der Waals surface area contributed by atoms with Crippen LogP contribution in [0.2, 0.25) is 0 Å². The van der Waals surface area contributed by atoms with E-state index in [4.69, 9.17) is 0 Å². The number of aliphatic hydroxyl groups excluding tert-OH is 1. The van der Waals surface area contributed by atoms with Crippen LogP contribution in [0.25, 0.3) is 0 Å². The SMILES string of the molecule is CC#CCCC(O)C1CC1(C)C. The van der Waals surface area contributed by atoms with Crippen LogP contribution >= 0.6 is 0 Å². The molecule has 0 aliphatic heterocycles. The van der Waals surface area contributed by atoms with E-state index >= 15 is 0 Å². The van der Waals surface area contributed by atoms with Gasteiger partial charge < -0.3 is 5.11 Å². The second-order valence-corrected chi connectivity index (χ2v) is 4.33. The lowest BCUT2D eigenvalue weighted by Gasteiger charge is -2.09. The van der Waals surface area contributed by atoms with E-state index in [-0.39, 0.29) is 6.10 Å². The Balaban J connectivity index is 2.21. The van der Waals surface area contributed by atoms with Crippen molar-refractivity contribution >= 4 is 0 Å². The largest absolute Gasteiger partial charge is 0.393 e. The average molecular weight is 166 g/mol. The number of hydrogen-bond donors (Lipinski definition) is 1. The second kappa shape index (κ2) is 3.49. The molecule has 1 fully saturated rings. The first-order valence-electron chi connectivity index (χ1n) is 4.65. The van der Waals surface area contributed by atoms with E-state index in [9.17, 15) is 5.11 Å². The summed E-state index contributed by atoms with van der Waals surface area (Å²) in [6.07, 6.45) is 2.73. The standard InChI is InChI=1S/C11H18O/c1-4-5-6-7-10(12)9-8-11(9,2)3/h9-10,12H,6-8H2,1-3H3. The Kier molecular flexibility index (Phi) is 2.80. The summed E-state index contributed by atoms with van der Waals surface area (Å²) in [5.41, 5.74) is 0.388. The summed E-state index contributed by atoms with van der Waals surface area (Å²) in [6, 6.07) is 0. The monoisotopic (exact) mass is 166 g/mol. The highest BCUT2D eigenvalue weighted by Crippen LogP contribution is 2.54. The van der Waals surface area contributed by atoms with Crippen molar-refractivity contribution < 1.29 is 5.11 Å². The second-order valence-electron chi connectivity index (χ2n) is 4.33. The molecule has 0 saturated heterocycles. The lowest BCUT2D eigenvalue weighted by atomic mass is 10.0. The first-order chi connectivity index (χ1) is 5.58. The lowest BCUT2D eigenvalue weighted by molar-refractivity contribution is 0.129. The van der Waals surface area contributed by atoms with Gasteiger partial charge in [0.25, 0.3) is 0 Å². The summed E-state index contributed by atoms with van der Waals surface area (Å²) in [6.45, 7) is 6.27. The van der Waals surface area contributed by atoms with E-state index < -0.39 is 0 Å². The van der Waals surface area contributed by atoms with Gasteiger partial charge in [-0.1, -0.05) is 13.8 Å². The molecule has 12 heavy (non-hydrogen) atoms. The van der Waals surface area contributed by atoms with Crippen molar-refractivity contribution in [1.82, 2.24) is 0 Å². The zero-order chi connectivity index (χ0) is 9.19. The molecule has 0 radical (unpaired) electrons. The minimum absolute atomic E-state index is 0.124. The summed E-state index contributed by atoms with van der Waals surface area (Å²) >= 11 is 0. The van der Waals surface area contributed by atoms with E-state index in [1.807, 2.05) is 6.92 Å². The quantitative estimate of drug-likeness (QED) is 0.637. The van der Waals surface area contributed by atoms with Gasteiger partial charge in [-0.25, -0.2) is 0 Å². The molecule has 0 aromatic carbocycles.